The molecule has 0 bridgehead atoms. The lowest BCUT2D eigenvalue weighted by molar-refractivity contribution is 0.540. The number of nitrogens with two attached hydrogens (primary N) is 4. The third-order valence-electron chi connectivity index (χ3n) is 1.09. The van der Waals surface area contributed by atoms with Gasteiger partial charge in [0.15, 0.2) is 0 Å². The molecule has 2 atom stereocenters. The maximum atomic E-state index is 5.40. The molecule has 0 aromatic rings. The minimum absolute atomic E-state index is 0.153. The van der Waals surface area contributed by atoms with Gasteiger partial charge in [-0.05, 0) is 0 Å². The molecule has 0 spiro atoms. The molecule has 0 aliphatic carbocycles. The highest BCUT2D eigenvalue weighted by atomic mass is 14.8. The van der Waals surface area contributed by atoms with Crippen molar-refractivity contribution in [1.29, 1.82) is 0 Å². The second-order valence-corrected chi connectivity index (χ2v) is 1.80. The van der Waals surface area contributed by atoms with Gasteiger partial charge in [-0.15, -0.1) is 0 Å². The molecule has 0 radical (unpaired) electrons. The van der Waals surface area contributed by atoms with Crippen LogP contribution in [0.4, 0.5) is 0 Å². The molecule has 0 aromatic heterocycles. The van der Waals surface area contributed by atoms with Gasteiger partial charge >= 0.3 is 0 Å². The average Bonchev–Trinajstić information content (AvgIpc) is 1.84. The smallest absolute Gasteiger partial charge is 0.0329 e. The lowest BCUT2D eigenvalue weighted by atomic mass is 10.1. The molecule has 8 N–H and O–H groups in total. The first kappa shape index (κ1) is 7.84. The molecule has 0 unspecified atom stereocenters. The van der Waals surface area contributed by atoms with Gasteiger partial charge in [0, 0.05) is 25.2 Å². The average molecular weight is 118 g/mol. The van der Waals surface area contributed by atoms with Crippen molar-refractivity contribution >= 4 is 0 Å². The summed E-state index contributed by atoms with van der Waals surface area (Å²) in [5.41, 5.74) is 21.2. The van der Waals surface area contributed by atoms with Crippen LogP contribution in [0.3, 0.4) is 0 Å². The Balaban J connectivity index is 3.29. The fourth-order valence-corrected chi connectivity index (χ4v) is 0.350. The van der Waals surface area contributed by atoms with E-state index in [1.54, 1.807) is 0 Å². The lowest BCUT2D eigenvalue weighted by Gasteiger charge is -2.14. The van der Waals surface area contributed by atoms with Crippen molar-refractivity contribution in [1.82, 2.24) is 0 Å². The molecule has 0 amide bonds. The predicted molar refractivity (Wildman–Crippen MR) is 34.1 cm³/mol. The van der Waals surface area contributed by atoms with Gasteiger partial charge < -0.3 is 22.9 Å². The number of hydrogen-bond donors (Lipinski definition) is 4. The van der Waals surface area contributed by atoms with Gasteiger partial charge in [-0.25, -0.2) is 0 Å². The van der Waals surface area contributed by atoms with Crippen LogP contribution in [0, 0.1) is 0 Å². The quantitative estimate of drug-likeness (QED) is 0.330. The molecule has 0 fully saturated rings. The molecule has 0 aromatic carbocycles. The van der Waals surface area contributed by atoms with E-state index in [9.17, 15) is 0 Å². The van der Waals surface area contributed by atoms with Crippen LogP contribution in [0.25, 0.3) is 0 Å². The molecule has 0 heterocycles. The first-order valence-electron chi connectivity index (χ1n) is 2.63. The zero-order valence-electron chi connectivity index (χ0n) is 4.88. The summed E-state index contributed by atoms with van der Waals surface area (Å²) >= 11 is 0. The van der Waals surface area contributed by atoms with Crippen molar-refractivity contribution in [2.24, 2.45) is 22.9 Å². The van der Waals surface area contributed by atoms with Crippen molar-refractivity contribution < 1.29 is 0 Å². The number of hydrogen-bond acceptors (Lipinski definition) is 4. The molecular formula is C4H14N4. The van der Waals surface area contributed by atoms with Gasteiger partial charge in [-0.1, -0.05) is 0 Å². The van der Waals surface area contributed by atoms with E-state index < -0.39 is 0 Å². The fraction of sp³-hybridized carbons (Fsp3) is 1.00. The van der Waals surface area contributed by atoms with E-state index in [4.69, 9.17) is 22.9 Å². The van der Waals surface area contributed by atoms with Crippen LogP contribution in [-0.4, -0.2) is 25.2 Å². The van der Waals surface area contributed by atoms with Crippen LogP contribution in [0.1, 0.15) is 0 Å². The molecule has 8 heavy (non-hydrogen) atoms. The molecule has 50 valence electrons. The summed E-state index contributed by atoms with van der Waals surface area (Å²) in [6.07, 6.45) is 0. The minimum Gasteiger partial charge on any atom is -0.329 e. The molecule has 0 saturated carbocycles. The second-order valence-electron chi connectivity index (χ2n) is 1.80. The Labute approximate surface area is 49.2 Å². The van der Waals surface area contributed by atoms with Crippen molar-refractivity contribution in [2.45, 2.75) is 12.1 Å². The second kappa shape index (κ2) is 3.80. The Morgan fingerprint density at radius 2 is 1.12 bits per heavy atom. The van der Waals surface area contributed by atoms with Crippen LogP contribution in [0.15, 0.2) is 0 Å². The Morgan fingerprint density at radius 1 is 0.875 bits per heavy atom. The topological polar surface area (TPSA) is 104 Å². The van der Waals surface area contributed by atoms with E-state index in [2.05, 4.69) is 0 Å². The van der Waals surface area contributed by atoms with E-state index in [0.29, 0.717) is 13.1 Å². The molecule has 0 saturated heterocycles. The van der Waals surface area contributed by atoms with E-state index >= 15 is 0 Å². The van der Waals surface area contributed by atoms with E-state index in [1.807, 2.05) is 0 Å². The Bertz CT molecular complexity index is 48.0. The van der Waals surface area contributed by atoms with Gasteiger partial charge in [-0.2, -0.15) is 0 Å². The van der Waals surface area contributed by atoms with Crippen LogP contribution >= 0.6 is 0 Å². The van der Waals surface area contributed by atoms with Crippen LogP contribution in [0.5, 0.6) is 0 Å². The Kier molecular flexibility index (Phi) is 3.72. The van der Waals surface area contributed by atoms with Crippen molar-refractivity contribution in [2.75, 3.05) is 13.1 Å². The summed E-state index contributed by atoms with van der Waals surface area (Å²) in [6, 6.07) is -0.306. The van der Waals surface area contributed by atoms with Gasteiger partial charge in [0.1, 0.15) is 0 Å². The molecular weight excluding hydrogens is 104 g/mol. The highest BCUT2D eigenvalue weighted by molar-refractivity contribution is 4.76. The van der Waals surface area contributed by atoms with Crippen molar-refractivity contribution in [3.63, 3.8) is 0 Å². The molecule has 4 nitrogen and oxygen atoms in total. The van der Waals surface area contributed by atoms with Crippen LogP contribution < -0.4 is 22.9 Å². The SMILES string of the molecule is NC[C@@H](N)[C@@H](N)CN. The summed E-state index contributed by atoms with van der Waals surface area (Å²) in [6.45, 7) is 0.802. The lowest BCUT2D eigenvalue weighted by Crippen LogP contribution is -2.50. The monoisotopic (exact) mass is 118 g/mol. The maximum Gasteiger partial charge on any atom is 0.0329 e. The first-order valence-corrected chi connectivity index (χ1v) is 2.63. The standard InChI is InChI=1S/C4H14N4/c5-1-3(7)4(8)2-6/h3-4H,1-2,5-8H2/t3-,4+. The largest absolute Gasteiger partial charge is 0.329 e. The summed E-state index contributed by atoms with van der Waals surface area (Å²) < 4.78 is 0. The van der Waals surface area contributed by atoms with Gasteiger partial charge in [0.2, 0.25) is 0 Å². The summed E-state index contributed by atoms with van der Waals surface area (Å²) in [5, 5.41) is 0. The molecule has 0 aliphatic rings. The van der Waals surface area contributed by atoms with Crippen LogP contribution in [-0.2, 0) is 0 Å². The minimum atomic E-state index is -0.153. The zero-order chi connectivity index (χ0) is 6.57. The Morgan fingerprint density at radius 3 is 1.25 bits per heavy atom. The summed E-state index contributed by atoms with van der Waals surface area (Å²) in [4.78, 5) is 0. The van der Waals surface area contributed by atoms with Gasteiger partial charge in [0.05, 0.1) is 0 Å². The third kappa shape index (κ3) is 2.23. The maximum absolute atomic E-state index is 5.40. The third-order valence-corrected chi connectivity index (χ3v) is 1.09. The first-order chi connectivity index (χ1) is 3.72. The predicted octanol–water partition coefficient (Wildman–Crippen LogP) is -2.44. The molecule has 4 heteroatoms. The number of rotatable bonds is 3. The molecule has 0 rings (SSSR count). The highest BCUT2D eigenvalue weighted by Gasteiger charge is 2.07. The van der Waals surface area contributed by atoms with Gasteiger partial charge in [0.25, 0.3) is 0 Å². The van der Waals surface area contributed by atoms with E-state index in [-0.39, 0.29) is 12.1 Å². The van der Waals surface area contributed by atoms with Crippen molar-refractivity contribution in [3.05, 3.63) is 0 Å². The fourth-order valence-electron chi connectivity index (χ4n) is 0.350. The summed E-state index contributed by atoms with van der Waals surface area (Å²) in [5.74, 6) is 0. The normalized spacial score (nSPS) is 18.0. The van der Waals surface area contributed by atoms with E-state index in [1.165, 1.54) is 0 Å². The van der Waals surface area contributed by atoms with E-state index in [0.717, 1.165) is 0 Å². The van der Waals surface area contributed by atoms with Crippen LogP contribution in [0.2, 0.25) is 0 Å². The highest BCUT2D eigenvalue weighted by Crippen LogP contribution is 1.77. The Hall–Kier alpha value is -0.160. The molecule has 0 aliphatic heterocycles. The summed E-state index contributed by atoms with van der Waals surface area (Å²) in [7, 11) is 0. The zero-order valence-corrected chi connectivity index (χ0v) is 4.88. The van der Waals surface area contributed by atoms with Gasteiger partial charge in [-0.3, -0.25) is 0 Å². The van der Waals surface area contributed by atoms with Crippen molar-refractivity contribution in [3.8, 4) is 0 Å².